The van der Waals surface area contributed by atoms with Gasteiger partial charge in [0.2, 0.25) is 0 Å². The molecule has 0 amide bonds. The maximum absolute atomic E-state index is 6.41. The Morgan fingerprint density at radius 3 is 1.87 bits per heavy atom. The molecule has 9 aromatic carbocycles. The first kappa shape index (κ1) is 30.0. The number of para-hydroxylation sites is 1. The zero-order chi connectivity index (χ0) is 35.3. The number of furan rings is 1. The summed E-state index contributed by atoms with van der Waals surface area (Å²) in [5, 5.41) is 9.93. The van der Waals surface area contributed by atoms with Gasteiger partial charge in [-0.05, 0) is 114 Å². The summed E-state index contributed by atoms with van der Waals surface area (Å²) in [5.41, 5.74) is 12.7. The molecule has 0 unspecified atom stereocenters. The third-order valence-corrected chi connectivity index (χ3v) is 11.6. The van der Waals surface area contributed by atoms with Crippen LogP contribution in [0.1, 0.15) is 25.0 Å². The van der Waals surface area contributed by atoms with Crippen molar-refractivity contribution < 1.29 is 4.42 Å². The van der Waals surface area contributed by atoms with E-state index in [1.54, 1.807) is 0 Å². The van der Waals surface area contributed by atoms with Gasteiger partial charge in [0.05, 0.1) is 0 Å². The number of anilines is 3. The first-order valence-corrected chi connectivity index (χ1v) is 18.4. The van der Waals surface area contributed by atoms with Crippen molar-refractivity contribution in [3.63, 3.8) is 0 Å². The van der Waals surface area contributed by atoms with Gasteiger partial charge in [-0.2, -0.15) is 0 Å². The van der Waals surface area contributed by atoms with E-state index in [1.807, 2.05) is 12.1 Å². The van der Waals surface area contributed by atoms with Gasteiger partial charge in [0.15, 0.2) is 0 Å². The quantitative estimate of drug-likeness (QED) is 0.172. The highest BCUT2D eigenvalue weighted by Crippen LogP contribution is 2.51. The minimum absolute atomic E-state index is 0.0540. The molecule has 0 fully saturated rings. The topological polar surface area (TPSA) is 16.4 Å². The molecule has 0 spiro atoms. The molecule has 53 heavy (non-hydrogen) atoms. The second-order valence-electron chi connectivity index (χ2n) is 14.9. The van der Waals surface area contributed by atoms with E-state index in [0.717, 1.165) is 39.0 Å². The van der Waals surface area contributed by atoms with Gasteiger partial charge in [-0.25, -0.2) is 0 Å². The summed E-state index contributed by atoms with van der Waals surface area (Å²) in [6.45, 7) is 4.67. The summed E-state index contributed by atoms with van der Waals surface area (Å²) in [6.07, 6.45) is 0. The van der Waals surface area contributed by atoms with Crippen molar-refractivity contribution in [1.82, 2.24) is 0 Å². The van der Waals surface area contributed by atoms with Crippen LogP contribution in [0.4, 0.5) is 17.1 Å². The highest BCUT2D eigenvalue weighted by Gasteiger charge is 2.35. The first-order valence-electron chi connectivity index (χ1n) is 18.4. The van der Waals surface area contributed by atoms with Crippen LogP contribution >= 0.6 is 0 Å². The Balaban J connectivity index is 1.06. The highest BCUT2D eigenvalue weighted by molar-refractivity contribution is 6.20. The number of hydrogen-bond acceptors (Lipinski definition) is 2. The van der Waals surface area contributed by atoms with Gasteiger partial charge < -0.3 is 9.32 Å². The molecule has 0 N–H and O–H groups in total. The molecule has 0 radical (unpaired) electrons. The van der Waals surface area contributed by atoms with Gasteiger partial charge in [-0.3, -0.25) is 0 Å². The first-order chi connectivity index (χ1) is 26.0. The van der Waals surface area contributed by atoms with Crippen LogP contribution in [0.15, 0.2) is 180 Å². The lowest BCUT2D eigenvalue weighted by molar-refractivity contribution is 0.660. The Kier molecular flexibility index (Phi) is 6.33. The standard InChI is InChI=1S/C51H35NO/c1-51(2)46-13-7-5-11-41(46)45-30-38(26-28-47(45)51)52(39-25-27-43-42-12-6-8-14-48(42)53-49(43)31-39)37-23-21-32(22-24-37)36-20-17-34-16-19-35-18-15-33-9-3-4-10-40(33)50(35)44(34)29-36/h3-31H,1-2H3. The van der Waals surface area contributed by atoms with Crippen LogP contribution in [0.25, 0.3) is 76.5 Å². The number of nitrogens with zero attached hydrogens (tertiary/aromatic N) is 1. The third kappa shape index (κ3) is 4.52. The lowest BCUT2D eigenvalue weighted by Gasteiger charge is -2.27. The second-order valence-corrected chi connectivity index (χ2v) is 14.9. The van der Waals surface area contributed by atoms with Crippen molar-refractivity contribution in [2.45, 2.75) is 19.3 Å². The summed E-state index contributed by atoms with van der Waals surface area (Å²) in [4.78, 5) is 2.37. The molecule has 2 nitrogen and oxygen atoms in total. The van der Waals surface area contributed by atoms with E-state index >= 15 is 0 Å². The molecule has 1 aliphatic rings. The summed E-state index contributed by atoms with van der Waals surface area (Å²) in [7, 11) is 0. The molecule has 0 saturated carbocycles. The van der Waals surface area contributed by atoms with Crippen molar-refractivity contribution in [3.05, 3.63) is 187 Å². The van der Waals surface area contributed by atoms with Crippen molar-refractivity contribution in [1.29, 1.82) is 0 Å². The molecule has 250 valence electrons. The molecule has 10 aromatic rings. The van der Waals surface area contributed by atoms with Crippen LogP contribution in [0.2, 0.25) is 0 Å². The third-order valence-electron chi connectivity index (χ3n) is 11.6. The summed E-state index contributed by atoms with van der Waals surface area (Å²) >= 11 is 0. The van der Waals surface area contributed by atoms with E-state index < -0.39 is 0 Å². The average Bonchev–Trinajstić information content (AvgIpc) is 3.69. The average molecular weight is 678 g/mol. The van der Waals surface area contributed by atoms with Gasteiger partial charge in [-0.15, -0.1) is 0 Å². The Morgan fingerprint density at radius 1 is 0.396 bits per heavy atom. The fraction of sp³-hybridized carbons (Fsp3) is 0.0588. The van der Waals surface area contributed by atoms with Crippen LogP contribution in [-0.2, 0) is 5.41 Å². The van der Waals surface area contributed by atoms with Gasteiger partial charge in [0, 0.05) is 39.3 Å². The van der Waals surface area contributed by atoms with Crippen molar-refractivity contribution >= 4 is 71.3 Å². The Bertz CT molecular complexity index is 3090. The molecule has 11 rings (SSSR count). The fourth-order valence-corrected chi connectivity index (χ4v) is 8.96. The summed E-state index contributed by atoms with van der Waals surface area (Å²) < 4.78 is 6.41. The van der Waals surface area contributed by atoms with Crippen LogP contribution in [0, 0.1) is 0 Å². The summed E-state index contributed by atoms with van der Waals surface area (Å²) in [6, 6.07) is 64.3. The predicted molar refractivity (Wildman–Crippen MR) is 224 cm³/mol. The zero-order valence-corrected chi connectivity index (χ0v) is 29.6. The van der Waals surface area contributed by atoms with Crippen LogP contribution < -0.4 is 4.90 Å². The second kappa shape index (κ2) is 11.2. The smallest absolute Gasteiger partial charge is 0.137 e. The normalized spacial score (nSPS) is 13.2. The molecule has 0 bridgehead atoms. The van der Waals surface area contributed by atoms with Crippen LogP contribution in [0.5, 0.6) is 0 Å². The molecule has 1 aliphatic carbocycles. The van der Waals surface area contributed by atoms with E-state index in [-0.39, 0.29) is 5.41 Å². The Morgan fingerprint density at radius 2 is 1.00 bits per heavy atom. The molecule has 1 heterocycles. The minimum Gasteiger partial charge on any atom is -0.456 e. The monoisotopic (exact) mass is 677 g/mol. The van der Waals surface area contributed by atoms with Crippen molar-refractivity contribution in [3.8, 4) is 22.3 Å². The van der Waals surface area contributed by atoms with Gasteiger partial charge in [0.25, 0.3) is 0 Å². The SMILES string of the molecule is CC1(C)c2ccccc2-c2cc(N(c3ccc(-c4ccc5ccc6ccc7ccccc7c6c5c4)cc3)c3ccc4c(c3)oc3ccccc34)ccc21. The van der Waals surface area contributed by atoms with Crippen LogP contribution in [-0.4, -0.2) is 0 Å². The number of rotatable bonds is 4. The zero-order valence-electron chi connectivity index (χ0n) is 29.6. The molecule has 0 atom stereocenters. The molecule has 2 heteroatoms. The molecular weight excluding hydrogens is 643 g/mol. The number of hydrogen-bond donors (Lipinski definition) is 0. The number of fused-ring (bicyclic) bond motifs is 11. The highest BCUT2D eigenvalue weighted by atomic mass is 16.3. The Labute approximate surface area is 308 Å². The Hall–Kier alpha value is -6.64. The minimum atomic E-state index is -0.0540. The van der Waals surface area contributed by atoms with Gasteiger partial charge >= 0.3 is 0 Å². The van der Waals surface area contributed by atoms with Gasteiger partial charge in [0.1, 0.15) is 11.2 Å². The maximum Gasteiger partial charge on any atom is 0.137 e. The maximum atomic E-state index is 6.41. The molecule has 0 aliphatic heterocycles. The lowest BCUT2D eigenvalue weighted by atomic mass is 9.82. The molecule has 1 aromatic heterocycles. The van der Waals surface area contributed by atoms with E-state index in [1.165, 1.54) is 65.7 Å². The predicted octanol–water partition coefficient (Wildman–Crippen LogP) is 14.5. The van der Waals surface area contributed by atoms with Crippen LogP contribution in [0.3, 0.4) is 0 Å². The van der Waals surface area contributed by atoms with Gasteiger partial charge in [-0.1, -0.05) is 135 Å². The fourth-order valence-electron chi connectivity index (χ4n) is 8.96. The van der Waals surface area contributed by atoms with E-state index in [4.69, 9.17) is 4.42 Å². The number of benzene rings is 9. The largest absolute Gasteiger partial charge is 0.456 e. The summed E-state index contributed by atoms with van der Waals surface area (Å²) in [5.74, 6) is 0. The van der Waals surface area contributed by atoms with E-state index in [9.17, 15) is 0 Å². The molecule has 0 saturated heterocycles. The van der Waals surface area contributed by atoms with Crippen molar-refractivity contribution in [2.75, 3.05) is 4.90 Å². The van der Waals surface area contributed by atoms with E-state index in [2.05, 4.69) is 183 Å². The lowest BCUT2D eigenvalue weighted by Crippen LogP contribution is -2.15. The molecular formula is C51H35NO. The van der Waals surface area contributed by atoms with E-state index in [0.29, 0.717) is 0 Å². The van der Waals surface area contributed by atoms with Crippen molar-refractivity contribution in [2.24, 2.45) is 0 Å².